The monoisotopic (exact) mass is 623 g/mol. The first kappa shape index (κ1) is 30.4. The number of carbonyl (C=O) groups is 1. The van der Waals surface area contributed by atoms with Crippen molar-refractivity contribution in [2.75, 3.05) is 26.0 Å². The van der Waals surface area contributed by atoms with Gasteiger partial charge in [0.1, 0.15) is 11.4 Å². The molecule has 234 valence electrons. The summed E-state index contributed by atoms with van der Waals surface area (Å²) in [7, 11) is 4.06. The van der Waals surface area contributed by atoms with Crippen LogP contribution in [0.2, 0.25) is 0 Å². The molecule has 1 aliphatic rings. The second-order valence-electron chi connectivity index (χ2n) is 11.3. The number of aromatic amines is 1. The van der Waals surface area contributed by atoms with Crippen molar-refractivity contribution < 1.29 is 18.7 Å². The van der Waals surface area contributed by atoms with Gasteiger partial charge in [0, 0.05) is 35.9 Å². The minimum absolute atomic E-state index is 0.00834. The summed E-state index contributed by atoms with van der Waals surface area (Å²) in [4.78, 5) is 39.4. The molecular weight excluding hydrogens is 592 g/mol. The Morgan fingerprint density at radius 2 is 1.91 bits per heavy atom. The summed E-state index contributed by atoms with van der Waals surface area (Å²) in [6.45, 7) is 1.40. The van der Waals surface area contributed by atoms with Gasteiger partial charge in [-0.25, -0.2) is 13.8 Å². The summed E-state index contributed by atoms with van der Waals surface area (Å²) in [6.07, 6.45) is 5.93. The number of nitrogens with one attached hydrogen (secondary N) is 3. The lowest BCUT2D eigenvalue weighted by molar-refractivity contribution is 0.0955. The molecule has 2 aromatic heterocycles. The van der Waals surface area contributed by atoms with Crippen LogP contribution in [0.1, 0.15) is 38.2 Å². The summed E-state index contributed by atoms with van der Waals surface area (Å²) in [5, 5.41) is 17.6. The molecule has 0 bridgehead atoms. The Hall–Kier alpha value is -5.62. The summed E-state index contributed by atoms with van der Waals surface area (Å²) >= 11 is 0. The van der Waals surface area contributed by atoms with Crippen LogP contribution in [-0.4, -0.2) is 56.9 Å². The number of carbonyl (C=O) groups excluding carboxylic acids is 1. The van der Waals surface area contributed by atoms with Gasteiger partial charge in [-0.15, -0.1) is 0 Å². The molecule has 12 heteroatoms. The lowest BCUT2D eigenvalue weighted by atomic mass is 10.0. The third kappa shape index (κ3) is 6.42. The molecule has 0 aliphatic carbocycles. The zero-order valence-corrected chi connectivity index (χ0v) is 25.1. The number of hydrogen-bond donors (Lipinski definition) is 4. The van der Waals surface area contributed by atoms with E-state index in [4.69, 9.17) is 4.99 Å². The maximum atomic E-state index is 13.6. The summed E-state index contributed by atoms with van der Waals surface area (Å²) in [5.41, 5.74) is 4.95. The van der Waals surface area contributed by atoms with E-state index in [9.17, 15) is 23.5 Å². The van der Waals surface area contributed by atoms with E-state index in [-0.39, 0.29) is 24.5 Å². The van der Waals surface area contributed by atoms with Gasteiger partial charge in [-0.05, 0) is 60.6 Å². The Balaban J connectivity index is 1.10. The molecule has 4 N–H and O–H groups in total. The molecule has 0 radical (unpaired) electrons. The molecule has 3 aromatic carbocycles. The molecule has 46 heavy (non-hydrogen) atoms. The minimum Gasteiger partial charge on any atom is -0.494 e. The van der Waals surface area contributed by atoms with Gasteiger partial charge in [-0.1, -0.05) is 42.5 Å². The standard InChI is InChI=1S/C34H31F2N7O3/c1-42(2)17-21-7-10-28-23(12-21)15-39-31(40-28)30-24-8-5-20(14-29(24)41-33(30)45)4-3-11-38-32(44)25-16-37-19-43(34(25)46)18-22-6-9-26(35)27(36)13-22/h3-10,12-14,16,19,41,45H,11,15,17-18H2,1-2H3,(H,38,44)(H,39,40). The maximum Gasteiger partial charge on any atom is 0.266 e. The van der Waals surface area contributed by atoms with Crippen molar-refractivity contribution in [3.8, 4) is 5.88 Å². The lowest BCUT2D eigenvalue weighted by Gasteiger charge is -2.20. The van der Waals surface area contributed by atoms with Crippen LogP contribution in [0.25, 0.3) is 17.0 Å². The fraction of sp³-hybridized carbons (Fsp3) is 0.176. The van der Waals surface area contributed by atoms with Crippen molar-refractivity contribution in [1.29, 1.82) is 0 Å². The van der Waals surface area contributed by atoms with Crippen LogP contribution in [0.4, 0.5) is 14.5 Å². The third-order valence-corrected chi connectivity index (χ3v) is 7.54. The summed E-state index contributed by atoms with van der Waals surface area (Å²) in [5.74, 6) is -2.04. The van der Waals surface area contributed by atoms with Crippen molar-refractivity contribution in [2.24, 2.45) is 4.99 Å². The Labute approximate surface area is 262 Å². The molecular formula is C34H31F2N7O3. The second kappa shape index (κ2) is 12.8. The fourth-order valence-corrected chi connectivity index (χ4v) is 5.38. The van der Waals surface area contributed by atoms with E-state index >= 15 is 0 Å². The number of amidine groups is 1. The molecule has 0 unspecified atom stereocenters. The Bertz CT molecular complexity index is 2080. The van der Waals surface area contributed by atoms with Crippen LogP contribution in [0.15, 0.2) is 83.0 Å². The highest BCUT2D eigenvalue weighted by atomic mass is 19.2. The molecule has 0 atom stereocenters. The van der Waals surface area contributed by atoms with E-state index in [1.165, 1.54) is 24.2 Å². The van der Waals surface area contributed by atoms with Gasteiger partial charge >= 0.3 is 0 Å². The first-order chi connectivity index (χ1) is 22.2. The van der Waals surface area contributed by atoms with Crippen LogP contribution in [0, 0.1) is 11.6 Å². The van der Waals surface area contributed by atoms with Crippen molar-refractivity contribution in [3.05, 3.63) is 129 Å². The number of H-pyrrole nitrogens is 1. The van der Waals surface area contributed by atoms with Gasteiger partial charge in [0.2, 0.25) is 5.88 Å². The van der Waals surface area contributed by atoms with Crippen LogP contribution >= 0.6 is 0 Å². The van der Waals surface area contributed by atoms with Crippen LogP contribution in [0.3, 0.4) is 0 Å². The summed E-state index contributed by atoms with van der Waals surface area (Å²) in [6, 6.07) is 15.2. The van der Waals surface area contributed by atoms with E-state index < -0.39 is 23.1 Å². The zero-order chi connectivity index (χ0) is 32.4. The third-order valence-electron chi connectivity index (χ3n) is 7.54. The highest BCUT2D eigenvalue weighted by Crippen LogP contribution is 2.32. The minimum atomic E-state index is -1.03. The number of anilines is 1. The van der Waals surface area contributed by atoms with E-state index in [2.05, 4.69) is 37.6 Å². The number of amides is 1. The van der Waals surface area contributed by atoms with Crippen LogP contribution in [0.5, 0.6) is 5.88 Å². The summed E-state index contributed by atoms with van der Waals surface area (Å²) < 4.78 is 28.0. The van der Waals surface area contributed by atoms with Crippen molar-refractivity contribution in [2.45, 2.75) is 19.6 Å². The van der Waals surface area contributed by atoms with Crippen LogP contribution in [-0.2, 0) is 19.6 Å². The van der Waals surface area contributed by atoms with Gasteiger partial charge in [0.05, 0.1) is 25.0 Å². The fourth-order valence-electron chi connectivity index (χ4n) is 5.38. The number of hydrogen-bond acceptors (Lipinski definition) is 7. The molecule has 3 heterocycles. The highest BCUT2D eigenvalue weighted by molar-refractivity contribution is 6.18. The van der Waals surface area contributed by atoms with E-state index in [1.54, 1.807) is 12.2 Å². The normalized spacial score (nSPS) is 12.8. The predicted molar refractivity (Wildman–Crippen MR) is 173 cm³/mol. The predicted octanol–water partition coefficient (Wildman–Crippen LogP) is 4.63. The van der Waals surface area contributed by atoms with Crippen molar-refractivity contribution in [1.82, 2.24) is 24.8 Å². The topological polar surface area (TPSA) is 128 Å². The molecule has 0 saturated carbocycles. The maximum absolute atomic E-state index is 13.6. The smallest absolute Gasteiger partial charge is 0.266 e. The largest absolute Gasteiger partial charge is 0.494 e. The Morgan fingerprint density at radius 1 is 1.09 bits per heavy atom. The molecule has 0 saturated heterocycles. The number of benzene rings is 3. The molecule has 6 rings (SSSR count). The first-order valence-electron chi connectivity index (χ1n) is 14.5. The molecule has 0 fully saturated rings. The van der Waals surface area contributed by atoms with Crippen molar-refractivity contribution in [3.63, 3.8) is 0 Å². The number of fused-ring (bicyclic) bond motifs is 2. The number of aliphatic imine (C=N–C) groups is 1. The SMILES string of the molecule is CN(C)Cc1ccc2c(c1)CN=C(c1c(O)[nH]c3cc(C=CCNC(=O)c4cncn(Cc5ccc(F)c(F)c5)c4=O)ccc13)N2. The van der Waals surface area contributed by atoms with Gasteiger partial charge in [-0.2, -0.15) is 0 Å². The Morgan fingerprint density at radius 3 is 2.72 bits per heavy atom. The highest BCUT2D eigenvalue weighted by Gasteiger charge is 2.21. The molecule has 1 amide bonds. The molecule has 10 nitrogen and oxygen atoms in total. The number of halogens is 2. The number of aromatic nitrogens is 3. The molecule has 1 aliphatic heterocycles. The quantitative estimate of drug-likeness (QED) is 0.190. The molecule has 0 spiro atoms. The van der Waals surface area contributed by atoms with Crippen molar-refractivity contribution >= 4 is 34.4 Å². The van der Waals surface area contributed by atoms with Gasteiger partial charge in [0.15, 0.2) is 11.6 Å². The van der Waals surface area contributed by atoms with Gasteiger partial charge < -0.3 is 25.6 Å². The number of aromatic hydroxyl groups is 1. The van der Waals surface area contributed by atoms with Gasteiger partial charge in [0.25, 0.3) is 11.5 Å². The second-order valence-corrected chi connectivity index (χ2v) is 11.3. The van der Waals surface area contributed by atoms with E-state index in [0.29, 0.717) is 29.0 Å². The number of rotatable bonds is 9. The zero-order valence-electron chi connectivity index (χ0n) is 25.1. The van der Waals surface area contributed by atoms with Crippen LogP contribution < -0.4 is 16.2 Å². The average molecular weight is 624 g/mol. The first-order valence-corrected chi connectivity index (χ1v) is 14.5. The van der Waals surface area contributed by atoms with Gasteiger partial charge in [-0.3, -0.25) is 19.1 Å². The average Bonchev–Trinajstić information content (AvgIpc) is 3.36. The lowest BCUT2D eigenvalue weighted by Crippen LogP contribution is -2.33. The van der Waals surface area contributed by atoms with E-state index in [0.717, 1.165) is 45.4 Å². The Kier molecular flexibility index (Phi) is 8.45. The molecule has 5 aromatic rings. The number of nitrogens with zero attached hydrogens (tertiary/aromatic N) is 4. The van der Waals surface area contributed by atoms with E-state index in [1.807, 2.05) is 38.4 Å².